The summed E-state index contributed by atoms with van der Waals surface area (Å²) in [6, 6.07) is 14.9. The number of hydrogen-bond acceptors (Lipinski definition) is 5. The predicted molar refractivity (Wildman–Crippen MR) is 110 cm³/mol. The van der Waals surface area contributed by atoms with Crippen LogP contribution in [0, 0.1) is 11.3 Å². The number of hydrogen-bond donors (Lipinski definition) is 2. The van der Waals surface area contributed by atoms with Crippen LogP contribution in [0.2, 0.25) is 0 Å². The molecule has 0 unspecified atom stereocenters. The SMILES string of the molecule is CCN(CC)c1ccc(/C=C(\C#N)C(=O)Nc2ccc(S(N)(=O)=O)cc2)cc1. The van der Waals surface area contributed by atoms with Crippen LogP contribution in [0.3, 0.4) is 0 Å². The molecule has 3 N–H and O–H groups in total. The summed E-state index contributed by atoms with van der Waals surface area (Å²) in [4.78, 5) is 14.5. The van der Waals surface area contributed by atoms with Gasteiger partial charge in [-0.05, 0) is 61.9 Å². The number of anilines is 2. The topological polar surface area (TPSA) is 116 Å². The Morgan fingerprint density at radius 1 is 1.11 bits per heavy atom. The zero-order valence-electron chi connectivity index (χ0n) is 15.7. The van der Waals surface area contributed by atoms with E-state index in [4.69, 9.17) is 5.14 Å². The molecule has 0 fully saturated rings. The van der Waals surface area contributed by atoms with Gasteiger partial charge in [0.25, 0.3) is 5.91 Å². The van der Waals surface area contributed by atoms with Crippen molar-refractivity contribution in [1.82, 2.24) is 0 Å². The molecular weight excluding hydrogens is 376 g/mol. The van der Waals surface area contributed by atoms with E-state index >= 15 is 0 Å². The van der Waals surface area contributed by atoms with Crippen LogP contribution in [0.25, 0.3) is 6.08 Å². The first-order valence-corrected chi connectivity index (χ1v) is 10.2. The van der Waals surface area contributed by atoms with Crippen molar-refractivity contribution < 1.29 is 13.2 Å². The van der Waals surface area contributed by atoms with Gasteiger partial charge in [0.2, 0.25) is 10.0 Å². The molecule has 2 aromatic rings. The molecule has 0 aliphatic carbocycles. The Labute approximate surface area is 165 Å². The molecule has 28 heavy (non-hydrogen) atoms. The normalized spacial score (nSPS) is 11.6. The second-order valence-electron chi connectivity index (χ2n) is 5.96. The Hall–Kier alpha value is -3.15. The molecule has 2 rings (SSSR count). The zero-order chi connectivity index (χ0) is 20.7. The Bertz CT molecular complexity index is 1000. The third-order valence-electron chi connectivity index (χ3n) is 4.14. The Kier molecular flexibility index (Phi) is 6.93. The van der Waals surface area contributed by atoms with Gasteiger partial charge in [-0.1, -0.05) is 12.1 Å². The summed E-state index contributed by atoms with van der Waals surface area (Å²) >= 11 is 0. The smallest absolute Gasteiger partial charge is 0.266 e. The quantitative estimate of drug-likeness (QED) is 0.549. The number of amides is 1. The molecule has 8 heteroatoms. The molecule has 146 valence electrons. The molecule has 0 aliphatic heterocycles. The van der Waals surface area contributed by atoms with Crippen LogP contribution < -0.4 is 15.4 Å². The summed E-state index contributed by atoms with van der Waals surface area (Å²) < 4.78 is 22.5. The van der Waals surface area contributed by atoms with E-state index in [0.717, 1.165) is 24.3 Å². The van der Waals surface area contributed by atoms with Gasteiger partial charge < -0.3 is 10.2 Å². The molecule has 0 atom stereocenters. The maximum absolute atomic E-state index is 12.3. The Morgan fingerprint density at radius 2 is 1.68 bits per heavy atom. The number of benzene rings is 2. The largest absolute Gasteiger partial charge is 0.372 e. The van der Waals surface area contributed by atoms with E-state index in [0.29, 0.717) is 5.69 Å². The van der Waals surface area contributed by atoms with Gasteiger partial charge in [-0.3, -0.25) is 4.79 Å². The molecule has 0 bridgehead atoms. The van der Waals surface area contributed by atoms with E-state index < -0.39 is 15.9 Å². The van der Waals surface area contributed by atoms with Gasteiger partial charge in [0.05, 0.1) is 4.90 Å². The third-order valence-corrected chi connectivity index (χ3v) is 5.07. The molecule has 1 amide bonds. The van der Waals surface area contributed by atoms with Crippen molar-refractivity contribution in [2.45, 2.75) is 18.7 Å². The first kappa shape index (κ1) is 21.2. The minimum atomic E-state index is -3.80. The summed E-state index contributed by atoms with van der Waals surface area (Å²) in [5.41, 5.74) is 2.09. The maximum Gasteiger partial charge on any atom is 0.266 e. The van der Waals surface area contributed by atoms with Gasteiger partial charge in [0.1, 0.15) is 11.6 Å². The van der Waals surface area contributed by atoms with E-state index in [9.17, 15) is 18.5 Å². The fourth-order valence-corrected chi connectivity index (χ4v) is 3.13. The van der Waals surface area contributed by atoms with Gasteiger partial charge in [-0.2, -0.15) is 5.26 Å². The summed E-state index contributed by atoms with van der Waals surface area (Å²) in [6.07, 6.45) is 1.50. The molecule has 0 heterocycles. The highest BCUT2D eigenvalue weighted by Crippen LogP contribution is 2.18. The number of primary sulfonamides is 1. The first-order chi connectivity index (χ1) is 13.3. The van der Waals surface area contributed by atoms with Gasteiger partial charge >= 0.3 is 0 Å². The number of sulfonamides is 1. The lowest BCUT2D eigenvalue weighted by Gasteiger charge is -2.20. The van der Waals surface area contributed by atoms with Crippen LogP contribution in [0.1, 0.15) is 19.4 Å². The molecule has 7 nitrogen and oxygen atoms in total. The van der Waals surface area contributed by atoms with Crippen molar-refractivity contribution in [3.8, 4) is 6.07 Å². The number of nitriles is 1. The molecule has 0 saturated heterocycles. The summed E-state index contributed by atoms with van der Waals surface area (Å²) in [7, 11) is -3.80. The van der Waals surface area contributed by atoms with Crippen LogP contribution in [-0.2, 0) is 14.8 Å². The van der Waals surface area contributed by atoms with Crippen molar-refractivity contribution in [3.05, 3.63) is 59.7 Å². The first-order valence-electron chi connectivity index (χ1n) is 8.69. The Balaban J connectivity index is 2.16. The van der Waals surface area contributed by atoms with Gasteiger partial charge in [0.15, 0.2) is 0 Å². The van der Waals surface area contributed by atoms with Crippen LogP contribution in [-0.4, -0.2) is 27.4 Å². The average Bonchev–Trinajstić information content (AvgIpc) is 2.67. The lowest BCUT2D eigenvalue weighted by Crippen LogP contribution is -2.21. The molecule has 0 aromatic heterocycles. The lowest BCUT2D eigenvalue weighted by atomic mass is 10.1. The zero-order valence-corrected chi connectivity index (χ0v) is 16.5. The van der Waals surface area contributed by atoms with Crippen LogP contribution in [0.4, 0.5) is 11.4 Å². The van der Waals surface area contributed by atoms with Crippen molar-refractivity contribution in [2.24, 2.45) is 5.14 Å². The fourth-order valence-electron chi connectivity index (χ4n) is 2.61. The number of nitrogens with zero attached hydrogens (tertiary/aromatic N) is 2. The lowest BCUT2D eigenvalue weighted by molar-refractivity contribution is -0.112. The molecule has 0 spiro atoms. The van der Waals surface area contributed by atoms with Gasteiger partial charge in [-0.15, -0.1) is 0 Å². The van der Waals surface area contributed by atoms with E-state index in [1.165, 1.54) is 30.3 Å². The summed E-state index contributed by atoms with van der Waals surface area (Å²) in [5, 5.41) is 16.9. The minimum absolute atomic E-state index is 0.0603. The highest BCUT2D eigenvalue weighted by atomic mass is 32.2. The van der Waals surface area contributed by atoms with E-state index in [-0.39, 0.29) is 10.5 Å². The molecule has 2 aromatic carbocycles. The fraction of sp³-hybridized carbons (Fsp3) is 0.200. The highest BCUT2D eigenvalue weighted by Gasteiger charge is 2.11. The van der Waals surface area contributed by atoms with Gasteiger partial charge in [0, 0.05) is 24.5 Å². The van der Waals surface area contributed by atoms with Crippen LogP contribution in [0.5, 0.6) is 0 Å². The molecule has 0 aliphatic rings. The van der Waals surface area contributed by atoms with E-state index in [1.807, 2.05) is 30.3 Å². The van der Waals surface area contributed by atoms with Crippen molar-refractivity contribution >= 4 is 33.4 Å². The number of nitrogens with one attached hydrogen (secondary N) is 1. The van der Waals surface area contributed by atoms with Crippen LogP contribution in [0.15, 0.2) is 59.0 Å². The Morgan fingerprint density at radius 3 is 2.14 bits per heavy atom. The predicted octanol–water partition coefficient (Wildman–Crippen LogP) is 2.73. The second kappa shape index (κ2) is 9.17. The van der Waals surface area contributed by atoms with Crippen molar-refractivity contribution in [3.63, 3.8) is 0 Å². The molecule has 0 saturated carbocycles. The second-order valence-corrected chi connectivity index (χ2v) is 7.52. The van der Waals surface area contributed by atoms with Gasteiger partial charge in [-0.25, -0.2) is 13.6 Å². The maximum atomic E-state index is 12.3. The number of carbonyl (C=O) groups excluding carboxylic acids is 1. The van der Waals surface area contributed by atoms with Crippen LogP contribution >= 0.6 is 0 Å². The number of nitrogens with two attached hydrogens (primary N) is 1. The highest BCUT2D eigenvalue weighted by molar-refractivity contribution is 7.89. The minimum Gasteiger partial charge on any atom is -0.372 e. The molecular formula is C20H22N4O3S. The standard InChI is InChI=1S/C20H22N4O3S/c1-3-24(4-2)18-9-5-15(6-10-18)13-16(14-21)20(25)23-17-7-11-19(12-8-17)28(22,26)27/h5-13H,3-4H2,1-2H3,(H,23,25)(H2,22,26,27)/b16-13+. The molecule has 0 radical (unpaired) electrons. The van der Waals surface area contributed by atoms with Crippen molar-refractivity contribution in [1.29, 1.82) is 5.26 Å². The van der Waals surface area contributed by atoms with E-state index in [1.54, 1.807) is 0 Å². The van der Waals surface area contributed by atoms with Crippen molar-refractivity contribution in [2.75, 3.05) is 23.3 Å². The van der Waals surface area contributed by atoms with E-state index in [2.05, 4.69) is 24.1 Å². The summed E-state index contributed by atoms with van der Waals surface area (Å²) in [6.45, 7) is 5.93. The number of rotatable bonds is 7. The third kappa shape index (κ3) is 5.42. The number of carbonyl (C=O) groups is 1. The monoisotopic (exact) mass is 398 g/mol. The average molecular weight is 398 g/mol. The summed E-state index contributed by atoms with van der Waals surface area (Å²) in [5.74, 6) is -0.585.